The summed E-state index contributed by atoms with van der Waals surface area (Å²) in [5, 5.41) is 4.35. The van der Waals surface area contributed by atoms with E-state index in [0.29, 0.717) is 12.2 Å². The molecule has 0 saturated heterocycles. The molecule has 0 radical (unpaired) electrons. The minimum Gasteiger partial charge on any atom is -0.351 e. The van der Waals surface area contributed by atoms with Crippen LogP contribution in [-0.4, -0.2) is 27.3 Å². The van der Waals surface area contributed by atoms with Gasteiger partial charge in [-0.3, -0.25) is 9.88 Å². The Morgan fingerprint density at radius 2 is 2.39 bits per heavy atom. The highest BCUT2D eigenvalue weighted by atomic mass is 35.5. The van der Waals surface area contributed by atoms with Crippen molar-refractivity contribution < 1.29 is 4.79 Å². The van der Waals surface area contributed by atoms with Crippen molar-refractivity contribution in [3.05, 3.63) is 35.9 Å². The number of nitrogens with two attached hydrogens (primary N) is 1. The number of anilines is 1. The van der Waals surface area contributed by atoms with Crippen LogP contribution in [0.2, 0.25) is 5.15 Å². The quantitative estimate of drug-likeness (QED) is 0.920. The van der Waals surface area contributed by atoms with Crippen molar-refractivity contribution in [3.63, 3.8) is 0 Å². The second-order valence-corrected chi connectivity index (χ2v) is 3.90. The predicted octanol–water partition coefficient (Wildman–Crippen LogP) is 1.83. The summed E-state index contributed by atoms with van der Waals surface area (Å²) in [5.74, 6) is 0. The Morgan fingerprint density at radius 3 is 2.94 bits per heavy atom. The van der Waals surface area contributed by atoms with Crippen LogP contribution in [0.4, 0.5) is 10.5 Å². The maximum atomic E-state index is 11.3. The van der Waals surface area contributed by atoms with E-state index in [2.05, 4.69) is 10.1 Å². The van der Waals surface area contributed by atoms with E-state index in [1.165, 1.54) is 4.90 Å². The van der Waals surface area contributed by atoms with Gasteiger partial charge in [0.1, 0.15) is 5.69 Å². The summed E-state index contributed by atoms with van der Waals surface area (Å²) in [5.41, 5.74) is 6.51. The normalized spacial score (nSPS) is 10.3. The molecule has 94 valence electrons. The highest BCUT2D eigenvalue weighted by molar-refractivity contribution is 6.32. The van der Waals surface area contributed by atoms with Gasteiger partial charge in [0, 0.05) is 12.7 Å². The van der Waals surface area contributed by atoms with Crippen LogP contribution in [-0.2, 0) is 0 Å². The van der Waals surface area contributed by atoms with Gasteiger partial charge in [-0.05, 0) is 19.1 Å². The van der Waals surface area contributed by atoms with E-state index in [1.807, 2.05) is 13.0 Å². The number of amides is 2. The van der Waals surface area contributed by atoms with Crippen LogP contribution in [0.3, 0.4) is 0 Å². The van der Waals surface area contributed by atoms with E-state index in [1.54, 1.807) is 29.3 Å². The van der Waals surface area contributed by atoms with Crippen LogP contribution in [0.25, 0.3) is 5.69 Å². The van der Waals surface area contributed by atoms with Gasteiger partial charge in [0.25, 0.3) is 0 Å². The number of rotatable bonds is 3. The van der Waals surface area contributed by atoms with Gasteiger partial charge in [-0.15, -0.1) is 0 Å². The lowest BCUT2D eigenvalue weighted by Crippen LogP contribution is -2.35. The number of halogens is 1. The Hall–Kier alpha value is -2.08. The van der Waals surface area contributed by atoms with Crippen LogP contribution in [0.15, 0.2) is 30.7 Å². The van der Waals surface area contributed by atoms with Crippen molar-refractivity contribution in [2.45, 2.75) is 6.92 Å². The predicted molar refractivity (Wildman–Crippen MR) is 69.0 cm³/mol. The first-order valence-corrected chi connectivity index (χ1v) is 5.73. The van der Waals surface area contributed by atoms with Gasteiger partial charge in [0.05, 0.1) is 18.1 Å². The fourth-order valence-electron chi connectivity index (χ4n) is 1.59. The first-order chi connectivity index (χ1) is 8.63. The summed E-state index contributed by atoms with van der Waals surface area (Å²) >= 11 is 6.01. The van der Waals surface area contributed by atoms with Gasteiger partial charge in [0.2, 0.25) is 0 Å². The molecule has 2 heterocycles. The molecule has 0 aliphatic carbocycles. The Balaban J connectivity index is 2.41. The standard InChI is InChI=1S/C11H12ClN5O/c1-2-16(11(13)18)9-7-17(15-10(9)12)8-4-3-5-14-6-8/h3-7H,2H2,1H3,(H2,13,18). The molecular formula is C11H12ClN5O. The SMILES string of the molecule is CCN(C(N)=O)c1cn(-c2cccnc2)nc1Cl. The molecule has 0 unspecified atom stereocenters. The first kappa shape index (κ1) is 12.4. The van der Waals surface area contributed by atoms with E-state index in [-0.39, 0.29) is 5.15 Å². The minimum absolute atomic E-state index is 0.222. The van der Waals surface area contributed by atoms with Crippen molar-refractivity contribution in [2.75, 3.05) is 11.4 Å². The highest BCUT2D eigenvalue weighted by Crippen LogP contribution is 2.25. The number of hydrogen-bond donors (Lipinski definition) is 1. The van der Waals surface area contributed by atoms with Crippen molar-refractivity contribution in [1.82, 2.24) is 14.8 Å². The van der Waals surface area contributed by atoms with Gasteiger partial charge in [-0.25, -0.2) is 9.48 Å². The molecule has 0 aromatic carbocycles. The van der Waals surface area contributed by atoms with E-state index in [9.17, 15) is 4.79 Å². The van der Waals surface area contributed by atoms with Gasteiger partial charge < -0.3 is 5.73 Å². The molecule has 18 heavy (non-hydrogen) atoms. The molecule has 2 N–H and O–H groups in total. The largest absolute Gasteiger partial charge is 0.351 e. The summed E-state index contributed by atoms with van der Waals surface area (Å²) in [6, 6.07) is 3.06. The molecule has 2 rings (SSSR count). The summed E-state index contributed by atoms with van der Waals surface area (Å²) in [6.45, 7) is 2.23. The van der Waals surface area contributed by atoms with Gasteiger partial charge in [0.15, 0.2) is 5.15 Å². The number of carbonyl (C=O) groups is 1. The third-order valence-electron chi connectivity index (χ3n) is 2.43. The summed E-state index contributed by atoms with van der Waals surface area (Å²) < 4.78 is 1.55. The Bertz CT molecular complexity index is 554. The van der Waals surface area contributed by atoms with E-state index in [0.717, 1.165) is 5.69 Å². The van der Waals surface area contributed by atoms with Gasteiger partial charge in [-0.2, -0.15) is 5.10 Å². The molecule has 2 aromatic heterocycles. The number of urea groups is 1. The molecule has 0 spiro atoms. The first-order valence-electron chi connectivity index (χ1n) is 5.36. The lowest BCUT2D eigenvalue weighted by molar-refractivity contribution is 0.254. The third kappa shape index (κ3) is 2.28. The summed E-state index contributed by atoms with van der Waals surface area (Å²) in [4.78, 5) is 16.6. The van der Waals surface area contributed by atoms with Crippen LogP contribution in [0.5, 0.6) is 0 Å². The number of primary amides is 1. The molecule has 6 nitrogen and oxygen atoms in total. The second kappa shape index (κ2) is 5.05. The van der Waals surface area contributed by atoms with E-state index >= 15 is 0 Å². The molecular weight excluding hydrogens is 254 g/mol. The van der Waals surface area contributed by atoms with Crippen molar-refractivity contribution >= 4 is 23.3 Å². The summed E-state index contributed by atoms with van der Waals surface area (Å²) in [7, 11) is 0. The van der Waals surface area contributed by atoms with Crippen LogP contribution < -0.4 is 10.6 Å². The van der Waals surface area contributed by atoms with Crippen molar-refractivity contribution in [3.8, 4) is 5.69 Å². The second-order valence-electron chi connectivity index (χ2n) is 3.54. The lowest BCUT2D eigenvalue weighted by Gasteiger charge is -2.15. The molecule has 0 atom stereocenters. The zero-order valence-corrected chi connectivity index (χ0v) is 10.5. The van der Waals surface area contributed by atoms with Crippen molar-refractivity contribution in [1.29, 1.82) is 0 Å². The number of hydrogen-bond acceptors (Lipinski definition) is 3. The number of nitrogens with zero attached hydrogens (tertiary/aromatic N) is 4. The molecule has 0 fully saturated rings. The Labute approximate surface area is 109 Å². The maximum absolute atomic E-state index is 11.3. The molecule has 2 aromatic rings. The molecule has 0 saturated carbocycles. The summed E-state index contributed by atoms with van der Waals surface area (Å²) in [6.07, 6.45) is 4.96. The smallest absolute Gasteiger partial charge is 0.319 e. The third-order valence-corrected chi connectivity index (χ3v) is 2.70. The molecule has 0 bridgehead atoms. The fourth-order valence-corrected chi connectivity index (χ4v) is 1.82. The molecule has 7 heteroatoms. The lowest BCUT2D eigenvalue weighted by atomic mass is 10.4. The highest BCUT2D eigenvalue weighted by Gasteiger charge is 2.17. The number of pyridine rings is 1. The van der Waals surface area contributed by atoms with Crippen molar-refractivity contribution in [2.24, 2.45) is 5.73 Å². The van der Waals surface area contributed by atoms with Crippen LogP contribution in [0.1, 0.15) is 6.92 Å². The fraction of sp³-hybridized carbons (Fsp3) is 0.182. The van der Waals surface area contributed by atoms with E-state index < -0.39 is 6.03 Å². The molecule has 0 aliphatic heterocycles. The zero-order valence-electron chi connectivity index (χ0n) is 9.75. The topological polar surface area (TPSA) is 77.0 Å². The monoisotopic (exact) mass is 265 g/mol. The maximum Gasteiger partial charge on any atom is 0.319 e. The molecule has 2 amide bonds. The average Bonchev–Trinajstić information content (AvgIpc) is 2.73. The average molecular weight is 266 g/mol. The van der Waals surface area contributed by atoms with E-state index in [4.69, 9.17) is 17.3 Å². The molecule has 0 aliphatic rings. The van der Waals surface area contributed by atoms with Crippen LogP contribution in [0, 0.1) is 0 Å². The number of aromatic nitrogens is 3. The zero-order chi connectivity index (χ0) is 13.1. The Morgan fingerprint density at radius 1 is 1.61 bits per heavy atom. The van der Waals surface area contributed by atoms with Crippen LogP contribution >= 0.6 is 11.6 Å². The number of carbonyl (C=O) groups excluding carboxylic acids is 1. The van der Waals surface area contributed by atoms with Gasteiger partial charge >= 0.3 is 6.03 Å². The van der Waals surface area contributed by atoms with Gasteiger partial charge in [-0.1, -0.05) is 11.6 Å². The minimum atomic E-state index is -0.565. The Kier molecular flexibility index (Phi) is 3.47.